The first-order chi connectivity index (χ1) is 11.5. The Morgan fingerprint density at radius 2 is 2.00 bits per heavy atom. The molecule has 0 aliphatic heterocycles. The number of thiophene rings is 2. The fourth-order valence-electron chi connectivity index (χ4n) is 2.18. The van der Waals surface area contributed by atoms with E-state index in [1.165, 1.54) is 23.2 Å². The van der Waals surface area contributed by atoms with Gasteiger partial charge in [-0.05, 0) is 54.6 Å². The molecule has 0 unspecified atom stereocenters. The van der Waals surface area contributed by atoms with Crippen LogP contribution in [0.15, 0.2) is 40.3 Å². The molecule has 3 rings (SSSR count). The number of furan rings is 1. The summed E-state index contributed by atoms with van der Waals surface area (Å²) in [4.78, 5) is 26.1. The molecule has 3 aromatic rings. The molecule has 7 heteroatoms. The van der Waals surface area contributed by atoms with Gasteiger partial charge in [-0.3, -0.25) is 9.59 Å². The zero-order chi connectivity index (χ0) is 17.1. The first-order valence-corrected chi connectivity index (χ1v) is 9.00. The molecule has 124 valence electrons. The van der Waals surface area contributed by atoms with Crippen LogP contribution in [-0.2, 0) is 6.54 Å². The lowest BCUT2D eigenvalue weighted by Gasteiger charge is -2.04. The minimum absolute atomic E-state index is 0.135. The SMILES string of the molecule is Cc1ccsc1CNC(=O)c1sc(NC(=O)c2ccco2)cc1C. The molecule has 5 nitrogen and oxygen atoms in total. The van der Waals surface area contributed by atoms with Crippen LogP contribution in [0.4, 0.5) is 5.00 Å². The van der Waals surface area contributed by atoms with Gasteiger partial charge in [0.15, 0.2) is 5.76 Å². The molecule has 2 N–H and O–H groups in total. The maximum absolute atomic E-state index is 12.4. The number of hydrogen-bond acceptors (Lipinski definition) is 5. The van der Waals surface area contributed by atoms with Gasteiger partial charge in [0.2, 0.25) is 0 Å². The predicted octanol–water partition coefficient (Wildman–Crippen LogP) is 4.20. The van der Waals surface area contributed by atoms with Crippen LogP contribution in [0.3, 0.4) is 0 Å². The van der Waals surface area contributed by atoms with Crippen molar-refractivity contribution in [1.29, 1.82) is 0 Å². The summed E-state index contributed by atoms with van der Waals surface area (Å²) in [6.45, 7) is 4.38. The highest BCUT2D eigenvalue weighted by Gasteiger charge is 2.16. The molecule has 3 heterocycles. The molecular weight excluding hydrogens is 344 g/mol. The summed E-state index contributed by atoms with van der Waals surface area (Å²) in [7, 11) is 0. The van der Waals surface area contributed by atoms with Crippen LogP contribution < -0.4 is 10.6 Å². The molecule has 0 saturated carbocycles. The van der Waals surface area contributed by atoms with Crippen molar-refractivity contribution < 1.29 is 14.0 Å². The van der Waals surface area contributed by atoms with Crippen LogP contribution in [0.1, 0.15) is 36.2 Å². The first-order valence-electron chi connectivity index (χ1n) is 7.31. The number of aryl methyl sites for hydroxylation is 2. The van der Waals surface area contributed by atoms with Crippen LogP contribution in [0.25, 0.3) is 0 Å². The van der Waals surface area contributed by atoms with E-state index in [-0.39, 0.29) is 17.6 Å². The van der Waals surface area contributed by atoms with Crippen LogP contribution in [0.2, 0.25) is 0 Å². The van der Waals surface area contributed by atoms with Gasteiger partial charge in [0.1, 0.15) is 0 Å². The first kappa shape index (κ1) is 16.5. The van der Waals surface area contributed by atoms with Crippen molar-refractivity contribution >= 4 is 39.5 Å². The average molecular weight is 360 g/mol. The second-order valence-electron chi connectivity index (χ2n) is 5.26. The number of carbonyl (C=O) groups excluding carboxylic acids is 2. The van der Waals surface area contributed by atoms with Gasteiger partial charge in [0.05, 0.1) is 22.7 Å². The van der Waals surface area contributed by atoms with Gasteiger partial charge >= 0.3 is 0 Å². The van der Waals surface area contributed by atoms with E-state index < -0.39 is 0 Å². The van der Waals surface area contributed by atoms with Gasteiger partial charge in [-0.1, -0.05) is 0 Å². The minimum atomic E-state index is -0.331. The molecule has 24 heavy (non-hydrogen) atoms. The third-order valence-electron chi connectivity index (χ3n) is 3.48. The number of carbonyl (C=O) groups is 2. The number of hydrogen-bond donors (Lipinski definition) is 2. The van der Waals surface area contributed by atoms with Gasteiger partial charge in [-0.25, -0.2) is 0 Å². The summed E-state index contributed by atoms with van der Waals surface area (Å²) >= 11 is 2.88. The summed E-state index contributed by atoms with van der Waals surface area (Å²) in [5.41, 5.74) is 2.00. The normalized spacial score (nSPS) is 10.6. The molecule has 0 bridgehead atoms. The molecule has 0 aliphatic rings. The largest absolute Gasteiger partial charge is 0.459 e. The molecule has 0 atom stereocenters. The van der Waals surface area contributed by atoms with E-state index in [0.29, 0.717) is 16.4 Å². The van der Waals surface area contributed by atoms with Crippen molar-refractivity contribution in [2.24, 2.45) is 0 Å². The molecule has 0 aliphatic carbocycles. The third kappa shape index (κ3) is 3.58. The Hall–Kier alpha value is -2.38. The summed E-state index contributed by atoms with van der Waals surface area (Å²) < 4.78 is 5.06. The Bertz CT molecular complexity index is 862. The van der Waals surface area contributed by atoms with Crippen molar-refractivity contribution in [2.45, 2.75) is 20.4 Å². The Morgan fingerprint density at radius 1 is 1.17 bits per heavy atom. The van der Waals surface area contributed by atoms with E-state index >= 15 is 0 Å². The Labute approximate surface area is 147 Å². The average Bonchev–Trinajstić information content (AvgIpc) is 3.26. The highest BCUT2D eigenvalue weighted by molar-refractivity contribution is 7.18. The third-order valence-corrected chi connectivity index (χ3v) is 5.66. The lowest BCUT2D eigenvalue weighted by atomic mass is 10.2. The van der Waals surface area contributed by atoms with Gasteiger partial charge in [0.25, 0.3) is 11.8 Å². The smallest absolute Gasteiger partial charge is 0.291 e. The quantitative estimate of drug-likeness (QED) is 0.716. The van der Waals surface area contributed by atoms with Crippen molar-refractivity contribution in [3.05, 3.63) is 62.6 Å². The van der Waals surface area contributed by atoms with E-state index in [1.54, 1.807) is 29.5 Å². The number of rotatable bonds is 5. The zero-order valence-corrected chi connectivity index (χ0v) is 14.8. The number of anilines is 1. The summed E-state index contributed by atoms with van der Waals surface area (Å²) in [6.07, 6.45) is 1.44. The Morgan fingerprint density at radius 3 is 2.67 bits per heavy atom. The van der Waals surface area contributed by atoms with Crippen molar-refractivity contribution in [3.63, 3.8) is 0 Å². The Kier molecular flexibility index (Phi) is 4.82. The second-order valence-corrected chi connectivity index (χ2v) is 7.32. The molecule has 3 aromatic heterocycles. The van der Waals surface area contributed by atoms with Crippen LogP contribution in [-0.4, -0.2) is 11.8 Å². The molecule has 0 radical (unpaired) electrons. The van der Waals surface area contributed by atoms with E-state index in [4.69, 9.17) is 4.42 Å². The maximum atomic E-state index is 12.4. The standard InChI is InChI=1S/C17H16N2O3S2/c1-10-5-7-23-13(10)9-18-17(21)15-11(2)8-14(24-15)19-16(20)12-4-3-6-22-12/h3-8H,9H2,1-2H3,(H,18,21)(H,19,20). The maximum Gasteiger partial charge on any atom is 0.291 e. The van der Waals surface area contributed by atoms with Crippen LogP contribution in [0, 0.1) is 13.8 Å². The molecule has 0 saturated heterocycles. The molecule has 2 amide bonds. The van der Waals surface area contributed by atoms with Crippen LogP contribution >= 0.6 is 22.7 Å². The Balaban J connectivity index is 1.66. The molecule has 0 fully saturated rings. The van der Waals surface area contributed by atoms with Crippen LogP contribution in [0.5, 0.6) is 0 Å². The predicted molar refractivity (Wildman–Crippen MR) is 95.9 cm³/mol. The van der Waals surface area contributed by atoms with Crippen molar-refractivity contribution in [3.8, 4) is 0 Å². The lowest BCUT2D eigenvalue weighted by Crippen LogP contribution is -2.22. The van der Waals surface area contributed by atoms with Gasteiger partial charge in [-0.15, -0.1) is 22.7 Å². The summed E-state index contributed by atoms with van der Waals surface area (Å²) in [6, 6.07) is 7.06. The minimum Gasteiger partial charge on any atom is -0.459 e. The highest BCUT2D eigenvalue weighted by atomic mass is 32.1. The topological polar surface area (TPSA) is 71.3 Å². The molecular formula is C17H16N2O3S2. The summed E-state index contributed by atoms with van der Waals surface area (Å²) in [5, 5.41) is 8.30. The van der Waals surface area contributed by atoms with Gasteiger partial charge in [0, 0.05) is 4.88 Å². The van der Waals surface area contributed by atoms with E-state index in [9.17, 15) is 9.59 Å². The molecule has 0 spiro atoms. The lowest BCUT2D eigenvalue weighted by molar-refractivity contribution is 0.0953. The van der Waals surface area contributed by atoms with Gasteiger partial charge in [-0.2, -0.15) is 0 Å². The zero-order valence-electron chi connectivity index (χ0n) is 13.2. The monoisotopic (exact) mass is 360 g/mol. The number of nitrogens with one attached hydrogen (secondary N) is 2. The fourth-order valence-corrected chi connectivity index (χ4v) is 4.01. The highest BCUT2D eigenvalue weighted by Crippen LogP contribution is 2.27. The summed E-state index contributed by atoms with van der Waals surface area (Å²) in [5.74, 6) is -0.230. The van der Waals surface area contributed by atoms with E-state index in [2.05, 4.69) is 10.6 Å². The van der Waals surface area contributed by atoms with Gasteiger partial charge < -0.3 is 15.1 Å². The second kappa shape index (κ2) is 7.02. The van der Waals surface area contributed by atoms with E-state index in [0.717, 1.165) is 10.4 Å². The number of amides is 2. The van der Waals surface area contributed by atoms with Crippen molar-refractivity contribution in [2.75, 3.05) is 5.32 Å². The van der Waals surface area contributed by atoms with Crippen molar-refractivity contribution in [1.82, 2.24) is 5.32 Å². The van der Waals surface area contributed by atoms with E-state index in [1.807, 2.05) is 25.3 Å². The fraction of sp³-hybridized carbons (Fsp3) is 0.176. The molecule has 0 aromatic carbocycles.